The molecule has 0 aliphatic carbocycles. The van der Waals surface area contributed by atoms with Crippen LogP contribution in [0.1, 0.15) is 49.8 Å². The number of aliphatic carboxylic acids is 1. The standard InChI is InChI=1S/C32H41FN2O5S/c1-23-19-28(14-16-29(23)30-15-13-26(33)20-25(30)12-17-31(37)38)41(39,40)35(4)22-27(36)21-34-32(2,3)18-8-11-24-9-6-5-7-10-24/h5-7,9-10,13-16,19-20,27,34,36H,8,11-12,17-18,21-22H2,1-4H3,(H,37,38)/t27-/m1/s1. The van der Waals surface area contributed by atoms with Gasteiger partial charge in [-0.05, 0) is 98.5 Å². The maximum Gasteiger partial charge on any atom is 0.303 e. The highest BCUT2D eigenvalue weighted by molar-refractivity contribution is 7.89. The molecule has 0 fully saturated rings. The van der Waals surface area contributed by atoms with Gasteiger partial charge in [0.1, 0.15) is 5.82 Å². The van der Waals surface area contributed by atoms with Crippen LogP contribution in [0.15, 0.2) is 71.6 Å². The molecule has 0 heterocycles. The molecule has 1 atom stereocenters. The lowest BCUT2D eigenvalue weighted by Gasteiger charge is -2.29. The minimum absolute atomic E-state index is 0.0759. The third-order valence-corrected chi connectivity index (χ3v) is 9.09. The van der Waals surface area contributed by atoms with Crippen LogP contribution in [0.3, 0.4) is 0 Å². The normalized spacial score (nSPS) is 13.0. The van der Waals surface area contributed by atoms with Gasteiger partial charge in [0.25, 0.3) is 0 Å². The van der Waals surface area contributed by atoms with E-state index < -0.39 is 27.9 Å². The summed E-state index contributed by atoms with van der Waals surface area (Å²) in [6.07, 6.45) is 1.97. The van der Waals surface area contributed by atoms with Crippen LogP contribution in [-0.2, 0) is 27.7 Å². The summed E-state index contributed by atoms with van der Waals surface area (Å²) < 4.78 is 41.7. The molecule has 41 heavy (non-hydrogen) atoms. The van der Waals surface area contributed by atoms with Gasteiger partial charge in [0, 0.05) is 32.1 Å². The lowest BCUT2D eigenvalue weighted by molar-refractivity contribution is -0.136. The second-order valence-corrected chi connectivity index (χ2v) is 13.3. The van der Waals surface area contributed by atoms with Crippen molar-refractivity contribution in [3.63, 3.8) is 0 Å². The van der Waals surface area contributed by atoms with Crippen LogP contribution in [-0.4, -0.2) is 60.7 Å². The number of likely N-dealkylation sites (N-methyl/N-ethyl adjacent to an activating group) is 1. The van der Waals surface area contributed by atoms with Crippen LogP contribution in [0, 0.1) is 12.7 Å². The SMILES string of the molecule is Cc1cc(S(=O)(=O)N(C)C[C@H](O)CNC(C)(C)CCCc2ccccc2)ccc1-c1ccc(F)cc1CCC(=O)O. The second-order valence-electron chi connectivity index (χ2n) is 11.2. The summed E-state index contributed by atoms with van der Waals surface area (Å²) in [7, 11) is -2.44. The zero-order valence-corrected chi connectivity index (χ0v) is 25.0. The molecule has 0 aromatic heterocycles. The van der Waals surface area contributed by atoms with E-state index in [1.165, 1.54) is 30.8 Å². The van der Waals surface area contributed by atoms with Gasteiger partial charge in [0.05, 0.1) is 11.0 Å². The number of hydrogen-bond donors (Lipinski definition) is 3. The van der Waals surface area contributed by atoms with E-state index in [1.54, 1.807) is 25.1 Å². The Balaban J connectivity index is 1.62. The number of nitrogens with one attached hydrogen (secondary N) is 1. The molecule has 0 saturated carbocycles. The summed E-state index contributed by atoms with van der Waals surface area (Å²) in [6.45, 7) is 6.08. The monoisotopic (exact) mass is 584 g/mol. The second kappa shape index (κ2) is 14.2. The number of aliphatic hydroxyl groups excluding tert-OH is 1. The van der Waals surface area contributed by atoms with Gasteiger partial charge in [-0.15, -0.1) is 0 Å². The van der Waals surface area contributed by atoms with Gasteiger partial charge in [-0.2, -0.15) is 4.31 Å². The summed E-state index contributed by atoms with van der Waals surface area (Å²) in [6, 6.07) is 19.2. The number of aliphatic hydroxyl groups is 1. The molecule has 0 aliphatic rings. The lowest BCUT2D eigenvalue weighted by atomic mass is 9.93. The number of nitrogens with zero attached hydrogens (tertiary/aromatic N) is 1. The average molecular weight is 585 g/mol. The largest absolute Gasteiger partial charge is 0.481 e. The van der Waals surface area contributed by atoms with Crippen molar-refractivity contribution in [3.05, 3.63) is 89.2 Å². The van der Waals surface area contributed by atoms with Crippen molar-refractivity contribution in [2.75, 3.05) is 20.1 Å². The Bertz CT molecular complexity index is 1430. The van der Waals surface area contributed by atoms with Crippen LogP contribution >= 0.6 is 0 Å². The Morgan fingerprint density at radius 3 is 2.37 bits per heavy atom. The van der Waals surface area contributed by atoms with Crippen molar-refractivity contribution in [2.24, 2.45) is 0 Å². The van der Waals surface area contributed by atoms with Crippen LogP contribution in [0.4, 0.5) is 4.39 Å². The van der Waals surface area contributed by atoms with Crippen molar-refractivity contribution in [1.82, 2.24) is 9.62 Å². The zero-order valence-electron chi connectivity index (χ0n) is 24.2. The molecule has 9 heteroatoms. The Labute approximate surface area is 243 Å². The fraction of sp³-hybridized carbons (Fsp3) is 0.406. The molecule has 0 saturated heterocycles. The minimum atomic E-state index is -3.88. The molecular formula is C32H41FN2O5S. The predicted molar refractivity (Wildman–Crippen MR) is 160 cm³/mol. The Hall–Kier alpha value is -3.11. The molecule has 3 rings (SSSR count). The fourth-order valence-corrected chi connectivity index (χ4v) is 6.17. The summed E-state index contributed by atoms with van der Waals surface area (Å²) in [5.41, 5.74) is 3.63. The Morgan fingerprint density at radius 2 is 1.71 bits per heavy atom. The van der Waals surface area contributed by atoms with Crippen LogP contribution < -0.4 is 5.32 Å². The number of benzene rings is 3. The molecule has 7 nitrogen and oxygen atoms in total. The van der Waals surface area contributed by atoms with Crippen molar-refractivity contribution in [2.45, 2.75) is 69.4 Å². The maximum absolute atomic E-state index is 13.9. The number of carboxylic acids is 1. The third-order valence-electron chi connectivity index (χ3n) is 7.27. The van der Waals surface area contributed by atoms with Gasteiger partial charge in [0.2, 0.25) is 10.0 Å². The summed E-state index contributed by atoms with van der Waals surface area (Å²) >= 11 is 0. The number of halogens is 1. The average Bonchev–Trinajstić information content (AvgIpc) is 2.91. The molecule has 3 N–H and O–H groups in total. The lowest BCUT2D eigenvalue weighted by Crippen LogP contribution is -2.46. The quantitative estimate of drug-likeness (QED) is 0.227. The Morgan fingerprint density at radius 1 is 1.02 bits per heavy atom. The van der Waals surface area contributed by atoms with Crippen molar-refractivity contribution in [3.8, 4) is 11.1 Å². The topological polar surface area (TPSA) is 107 Å². The van der Waals surface area contributed by atoms with E-state index in [4.69, 9.17) is 5.11 Å². The highest BCUT2D eigenvalue weighted by Gasteiger charge is 2.25. The zero-order chi connectivity index (χ0) is 30.2. The number of sulfonamides is 1. The summed E-state index contributed by atoms with van der Waals surface area (Å²) in [4.78, 5) is 11.1. The highest BCUT2D eigenvalue weighted by atomic mass is 32.2. The molecule has 0 radical (unpaired) electrons. The molecule has 3 aromatic rings. The van der Waals surface area contributed by atoms with Crippen LogP contribution in [0.2, 0.25) is 0 Å². The van der Waals surface area contributed by atoms with Crippen molar-refractivity contribution >= 4 is 16.0 Å². The summed E-state index contributed by atoms with van der Waals surface area (Å²) in [5.74, 6) is -1.44. The van der Waals surface area contributed by atoms with Gasteiger partial charge in [-0.1, -0.05) is 42.5 Å². The first kappa shape index (κ1) is 32.4. The molecule has 3 aromatic carbocycles. The molecule has 0 spiro atoms. The predicted octanol–water partition coefficient (Wildman–Crippen LogP) is 5.19. The first-order valence-electron chi connectivity index (χ1n) is 13.8. The third kappa shape index (κ3) is 9.46. The molecule has 0 unspecified atom stereocenters. The van der Waals surface area contributed by atoms with E-state index in [-0.39, 0.29) is 36.4 Å². The van der Waals surface area contributed by atoms with Crippen molar-refractivity contribution in [1.29, 1.82) is 0 Å². The van der Waals surface area contributed by atoms with Gasteiger partial charge >= 0.3 is 5.97 Å². The van der Waals surface area contributed by atoms with E-state index in [9.17, 15) is 22.7 Å². The van der Waals surface area contributed by atoms with E-state index in [1.807, 2.05) is 18.2 Å². The Kier molecular flexibility index (Phi) is 11.2. The number of carboxylic acid groups (broad SMARTS) is 1. The van der Waals surface area contributed by atoms with Gasteiger partial charge in [0.15, 0.2) is 0 Å². The number of rotatable bonds is 15. The molecule has 0 amide bonds. The number of hydrogen-bond acceptors (Lipinski definition) is 5. The van der Waals surface area contributed by atoms with Crippen molar-refractivity contribution < 1.29 is 27.8 Å². The number of aryl methyl sites for hydroxylation is 3. The molecule has 0 bridgehead atoms. The molecular weight excluding hydrogens is 543 g/mol. The van der Waals surface area contributed by atoms with E-state index >= 15 is 0 Å². The van der Waals surface area contributed by atoms with Crippen LogP contribution in [0.25, 0.3) is 11.1 Å². The number of β-amino-alcohol motifs (C(OH)–C–C–N with tert-alkyl or cyclic N) is 1. The molecule has 0 aliphatic heterocycles. The highest BCUT2D eigenvalue weighted by Crippen LogP contribution is 2.31. The van der Waals surface area contributed by atoms with E-state index in [0.717, 1.165) is 23.6 Å². The van der Waals surface area contributed by atoms with Gasteiger partial charge < -0.3 is 15.5 Å². The first-order valence-corrected chi connectivity index (χ1v) is 15.3. The van der Waals surface area contributed by atoms with E-state index in [0.29, 0.717) is 22.3 Å². The minimum Gasteiger partial charge on any atom is -0.481 e. The first-order chi connectivity index (χ1) is 19.3. The van der Waals surface area contributed by atoms with E-state index in [2.05, 4.69) is 31.3 Å². The molecule has 222 valence electrons. The fourth-order valence-electron chi connectivity index (χ4n) is 4.87. The van der Waals surface area contributed by atoms with Gasteiger partial charge in [-0.3, -0.25) is 4.79 Å². The smallest absolute Gasteiger partial charge is 0.303 e. The summed E-state index contributed by atoms with van der Waals surface area (Å²) in [5, 5.41) is 23.1. The maximum atomic E-state index is 13.9. The van der Waals surface area contributed by atoms with Gasteiger partial charge in [-0.25, -0.2) is 12.8 Å². The van der Waals surface area contributed by atoms with Crippen LogP contribution in [0.5, 0.6) is 0 Å². The number of carbonyl (C=O) groups is 1.